The van der Waals surface area contributed by atoms with Gasteiger partial charge in [0.15, 0.2) is 0 Å². The first-order chi connectivity index (χ1) is 8.85. The standard InChI is InChI=1S/C12H8N2OS.C2H6/c13-8-10(9-4-2-1-3-5-9)11-6-7-12(14-15)16-11;1-2/h1-7,15H;1-2H3. The maximum absolute atomic E-state index is 9.14. The topological polar surface area (TPSA) is 56.4 Å². The van der Waals surface area contributed by atoms with Crippen LogP contribution >= 0.6 is 11.8 Å². The van der Waals surface area contributed by atoms with Crippen molar-refractivity contribution in [2.45, 2.75) is 13.8 Å². The fourth-order valence-corrected chi connectivity index (χ4v) is 2.19. The van der Waals surface area contributed by atoms with E-state index in [2.05, 4.69) is 11.2 Å². The number of nitrogens with zero attached hydrogens (tertiary/aromatic N) is 2. The van der Waals surface area contributed by atoms with Crippen molar-refractivity contribution in [3.8, 4) is 6.07 Å². The van der Waals surface area contributed by atoms with Crippen LogP contribution < -0.4 is 0 Å². The zero-order chi connectivity index (χ0) is 13.4. The Morgan fingerprint density at radius 2 is 1.89 bits per heavy atom. The lowest BCUT2D eigenvalue weighted by Gasteiger charge is -2.01. The second-order valence-electron chi connectivity index (χ2n) is 3.09. The van der Waals surface area contributed by atoms with E-state index in [0.717, 1.165) is 10.5 Å². The highest BCUT2D eigenvalue weighted by Gasteiger charge is 2.14. The SMILES string of the molecule is CC.N#CC(=C1C=CC(=NO)S1)c1ccccc1. The number of rotatable bonds is 1. The zero-order valence-corrected chi connectivity index (χ0v) is 11.1. The molecule has 0 saturated carbocycles. The number of oxime groups is 1. The molecule has 0 unspecified atom stereocenters. The van der Waals surface area contributed by atoms with E-state index in [-0.39, 0.29) is 0 Å². The monoisotopic (exact) mass is 258 g/mol. The summed E-state index contributed by atoms with van der Waals surface area (Å²) in [7, 11) is 0. The van der Waals surface area contributed by atoms with Gasteiger partial charge in [-0.2, -0.15) is 5.26 Å². The van der Waals surface area contributed by atoms with Crippen LogP contribution in [0.5, 0.6) is 0 Å². The normalized spacial score (nSPS) is 17.9. The average molecular weight is 258 g/mol. The molecular formula is C14H14N2OS. The summed E-state index contributed by atoms with van der Waals surface area (Å²) in [4.78, 5) is 0.807. The molecule has 2 rings (SSSR count). The van der Waals surface area contributed by atoms with Crippen molar-refractivity contribution in [3.63, 3.8) is 0 Å². The second kappa shape index (κ2) is 7.36. The van der Waals surface area contributed by atoms with Crippen LogP contribution in [-0.2, 0) is 0 Å². The molecule has 18 heavy (non-hydrogen) atoms. The molecule has 0 bridgehead atoms. The summed E-state index contributed by atoms with van der Waals surface area (Å²) in [5, 5.41) is 21.4. The molecule has 92 valence electrons. The molecule has 1 aromatic carbocycles. The first-order valence-corrected chi connectivity index (χ1v) is 6.44. The fourth-order valence-electron chi connectivity index (χ4n) is 1.38. The van der Waals surface area contributed by atoms with Gasteiger partial charge >= 0.3 is 0 Å². The van der Waals surface area contributed by atoms with Gasteiger partial charge in [-0.3, -0.25) is 0 Å². The van der Waals surface area contributed by atoms with Crippen molar-refractivity contribution in [1.29, 1.82) is 5.26 Å². The number of hydrogen-bond donors (Lipinski definition) is 1. The maximum Gasteiger partial charge on any atom is 0.140 e. The lowest BCUT2D eigenvalue weighted by atomic mass is 10.1. The molecule has 1 N–H and O–H groups in total. The van der Waals surface area contributed by atoms with Crippen molar-refractivity contribution < 1.29 is 5.21 Å². The zero-order valence-electron chi connectivity index (χ0n) is 10.3. The Bertz CT molecular complexity index is 524. The van der Waals surface area contributed by atoms with Crippen LogP contribution in [0.4, 0.5) is 0 Å². The summed E-state index contributed by atoms with van der Waals surface area (Å²) in [5.74, 6) is 0. The number of benzene rings is 1. The van der Waals surface area contributed by atoms with Gasteiger partial charge in [0.25, 0.3) is 0 Å². The van der Waals surface area contributed by atoms with E-state index < -0.39 is 0 Å². The third-order valence-corrected chi connectivity index (χ3v) is 3.10. The summed E-state index contributed by atoms with van der Waals surface area (Å²) in [6.07, 6.45) is 3.46. The van der Waals surface area contributed by atoms with Crippen LogP contribution in [0.15, 0.2) is 52.5 Å². The van der Waals surface area contributed by atoms with Gasteiger partial charge in [-0.15, -0.1) is 0 Å². The van der Waals surface area contributed by atoms with Gasteiger partial charge in [-0.25, -0.2) is 0 Å². The Hall–Kier alpha value is -1.99. The predicted octanol–water partition coefficient (Wildman–Crippen LogP) is 4.04. The van der Waals surface area contributed by atoms with E-state index in [1.165, 1.54) is 11.8 Å². The number of thioether (sulfide) groups is 1. The quantitative estimate of drug-likeness (QED) is 0.470. The highest BCUT2D eigenvalue weighted by molar-refractivity contribution is 8.18. The molecule has 3 nitrogen and oxygen atoms in total. The summed E-state index contributed by atoms with van der Waals surface area (Å²) < 4.78 is 0. The summed E-state index contributed by atoms with van der Waals surface area (Å²) >= 11 is 1.28. The van der Waals surface area contributed by atoms with Gasteiger partial charge in [-0.1, -0.05) is 61.1 Å². The number of nitriles is 1. The molecule has 0 radical (unpaired) electrons. The molecule has 1 aliphatic heterocycles. The minimum absolute atomic E-state index is 0.499. The van der Waals surface area contributed by atoms with Crippen LogP contribution in [0.3, 0.4) is 0 Å². The van der Waals surface area contributed by atoms with E-state index in [1.54, 1.807) is 12.2 Å². The lowest BCUT2D eigenvalue weighted by molar-refractivity contribution is 0.321. The Morgan fingerprint density at radius 3 is 2.39 bits per heavy atom. The van der Waals surface area contributed by atoms with E-state index >= 15 is 0 Å². The highest BCUT2D eigenvalue weighted by Crippen LogP contribution is 2.33. The van der Waals surface area contributed by atoms with Crippen LogP contribution in [-0.4, -0.2) is 10.3 Å². The molecule has 0 amide bonds. The Morgan fingerprint density at radius 1 is 1.22 bits per heavy atom. The lowest BCUT2D eigenvalue weighted by Crippen LogP contribution is -1.84. The molecule has 0 fully saturated rings. The second-order valence-corrected chi connectivity index (χ2v) is 4.15. The van der Waals surface area contributed by atoms with E-state index in [9.17, 15) is 0 Å². The molecule has 0 spiro atoms. The Kier molecular flexibility index (Phi) is 5.75. The average Bonchev–Trinajstić information content (AvgIpc) is 2.92. The minimum Gasteiger partial charge on any atom is -0.410 e. The smallest absolute Gasteiger partial charge is 0.140 e. The molecule has 1 aromatic rings. The van der Waals surface area contributed by atoms with Gasteiger partial charge in [0.1, 0.15) is 11.1 Å². The van der Waals surface area contributed by atoms with E-state index in [4.69, 9.17) is 10.5 Å². The molecule has 0 aliphatic carbocycles. The van der Waals surface area contributed by atoms with Gasteiger partial charge in [0, 0.05) is 4.91 Å². The van der Waals surface area contributed by atoms with Crippen molar-refractivity contribution in [2.75, 3.05) is 0 Å². The fraction of sp³-hybridized carbons (Fsp3) is 0.143. The minimum atomic E-state index is 0.499. The van der Waals surface area contributed by atoms with Crippen molar-refractivity contribution in [2.24, 2.45) is 5.16 Å². The highest BCUT2D eigenvalue weighted by atomic mass is 32.2. The largest absolute Gasteiger partial charge is 0.410 e. The molecule has 0 atom stereocenters. The van der Waals surface area contributed by atoms with Crippen LogP contribution in [0.25, 0.3) is 5.57 Å². The van der Waals surface area contributed by atoms with Gasteiger partial charge < -0.3 is 5.21 Å². The third kappa shape index (κ3) is 3.25. The molecule has 1 aliphatic rings. The number of allylic oxidation sites excluding steroid dienone is 2. The van der Waals surface area contributed by atoms with Gasteiger partial charge in [-0.05, 0) is 17.7 Å². The van der Waals surface area contributed by atoms with Crippen molar-refractivity contribution in [3.05, 3.63) is 53.0 Å². The third-order valence-electron chi connectivity index (χ3n) is 2.11. The molecule has 1 heterocycles. The van der Waals surface area contributed by atoms with E-state index in [1.807, 2.05) is 44.2 Å². The first kappa shape index (κ1) is 14.1. The maximum atomic E-state index is 9.14. The van der Waals surface area contributed by atoms with Gasteiger partial charge in [0.05, 0.1) is 5.57 Å². The summed E-state index contributed by atoms with van der Waals surface area (Å²) in [6.45, 7) is 4.00. The molecule has 0 saturated heterocycles. The van der Waals surface area contributed by atoms with Crippen LogP contribution in [0.1, 0.15) is 19.4 Å². The molecule has 0 aromatic heterocycles. The Balaban J connectivity index is 0.000000771. The van der Waals surface area contributed by atoms with Crippen molar-refractivity contribution in [1.82, 2.24) is 0 Å². The van der Waals surface area contributed by atoms with E-state index in [0.29, 0.717) is 10.6 Å². The number of hydrogen-bond acceptors (Lipinski definition) is 4. The summed E-state index contributed by atoms with van der Waals surface area (Å²) in [6, 6.07) is 11.6. The van der Waals surface area contributed by atoms with Crippen LogP contribution in [0.2, 0.25) is 0 Å². The van der Waals surface area contributed by atoms with Gasteiger partial charge in [0.2, 0.25) is 0 Å². The van der Waals surface area contributed by atoms with Crippen molar-refractivity contribution >= 4 is 22.4 Å². The predicted molar refractivity (Wildman–Crippen MR) is 76.3 cm³/mol. The summed E-state index contributed by atoms with van der Waals surface area (Å²) in [5.41, 5.74) is 1.47. The Labute approximate surface area is 111 Å². The van der Waals surface area contributed by atoms with Crippen LogP contribution in [0, 0.1) is 11.3 Å². The molecular weight excluding hydrogens is 244 g/mol. The molecule has 4 heteroatoms. The first-order valence-electron chi connectivity index (χ1n) is 5.63.